The molecule has 0 radical (unpaired) electrons. The van der Waals surface area contributed by atoms with Crippen LogP contribution in [-0.4, -0.2) is 5.91 Å². The first kappa shape index (κ1) is 14.0. The van der Waals surface area contributed by atoms with Gasteiger partial charge in [-0.05, 0) is 52.7 Å². The van der Waals surface area contributed by atoms with Gasteiger partial charge in [-0.3, -0.25) is 4.79 Å². The molecule has 2 aromatic rings. The fraction of sp³-hybridized carbons (Fsp3) is 0.0714. The third-order valence-corrected chi connectivity index (χ3v) is 3.90. The monoisotopic (exact) mass is 341 g/mol. The van der Waals surface area contributed by atoms with Gasteiger partial charge in [0.05, 0.1) is 11.3 Å². The Morgan fingerprint density at radius 1 is 1.32 bits per heavy atom. The summed E-state index contributed by atoms with van der Waals surface area (Å²) in [5.41, 5.74) is 1.53. The van der Waals surface area contributed by atoms with Gasteiger partial charge in [0.25, 0.3) is 5.91 Å². The highest BCUT2D eigenvalue weighted by atomic mass is 79.9. The molecule has 0 spiro atoms. The number of aryl methyl sites for hydroxylation is 1. The van der Waals surface area contributed by atoms with Crippen LogP contribution in [0.25, 0.3) is 0 Å². The molecule has 0 bridgehead atoms. The summed E-state index contributed by atoms with van der Waals surface area (Å²) < 4.78 is 14.4. The Morgan fingerprint density at radius 3 is 2.74 bits per heavy atom. The number of amides is 1. The summed E-state index contributed by atoms with van der Waals surface area (Å²) >= 11 is 9.03. The van der Waals surface area contributed by atoms with Gasteiger partial charge in [-0.15, -0.1) is 0 Å². The van der Waals surface area contributed by atoms with E-state index in [1.807, 2.05) is 19.1 Å². The van der Waals surface area contributed by atoms with Crippen molar-refractivity contribution >= 4 is 39.1 Å². The number of nitrogens with one attached hydrogen (secondary N) is 1. The van der Waals surface area contributed by atoms with Gasteiger partial charge in [-0.2, -0.15) is 0 Å². The van der Waals surface area contributed by atoms with Gasteiger partial charge in [0, 0.05) is 9.50 Å². The molecule has 0 aliphatic rings. The van der Waals surface area contributed by atoms with Crippen molar-refractivity contribution in [1.82, 2.24) is 0 Å². The van der Waals surface area contributed by atoms with Crippen LogP contribution in [0, 0.1) is 12.7 Å². The van der Waals surface area contributed by atoms with E-state index in [4.69, 9.17) is 11.6 Å². The number of halogens is 3. The molecule has 0 aliphatic heterocycles. The zero-order valence-electron chi connectivity index (χ0n) is 10.0. The fourth-order valence-electron chi connectivity index (χ4n) is 1.61. The van der Waals surface area contributed by atoms with Crippen LogP contribution in [0.4, 0.5) is 10.1 Å². The Kier molecular flexibility index (Phi) is 4.22. The minimum absolute atomic E-state index is 0.0437. The quantitative estimate of drug-likeness (QED) is 0.834. The Morgan fingerprint density at radius 2 is 2.05 bits per heavy atom. The van der Waals surface area contributed by atoms with Crippen LogP contribution in [0.5, 0.6) is 0 Å². The summed E-state index contributed by atoms with van der Waals surface area (Å²) in [6, 6.07) is 9.41. The zero-order chi connectivity index (χ0) is 14.0. The van der Waals surface area contributed by atoms with Crippen LogP contribution in [0.2, 0.25) is 5.02 Å². The van der Waals surface area contributed by atoms with E-state index in [-0.39, 0.29) is 10.6 Å². The molecule has 0 fully saturated rings. The molecule has 0 aromatic heterocycles. The lowest BCUT2D eigenvalue weighted by atomic mass is 10.1. The van der Waals surface area contributed by atoms with E-state index in [1.54, 1.807) is 6.07 Å². The van der Waals surface area contributed by atoms with Crippen molar-refractivity contribution in [3.63, 3.8) is 0 Å². The van der Waals surface area contributed by atoms with Gasteiger partial charge in [0.15, 0.2) is 0 Å². The molecular weight excluding hydrogens is 333 g/mol. The molecule has 2 aromatic carbocycles. The SMILES string of the molecule is Cc1cccc(NC(=O)c2ccc(Cl)cc2F)c1Br. The third-order valence-electron chi connectivity index (χ3n) is 2.62. The normalized spacial score (nSPS) is 10.3. The molecular formula is C14H10BrClFNO. The Labute approximate surface area is 123 Å². The first-order chi connectivity index (χ1) is 8.99. The number of hydrogen-bond acceptors (Lipinski definition) is 1. The Bertz CT molecular complexity index is 645. The maximum atomic E-state index is 13.6. The molecule has 2 nitrogen and oxygen atoms in total. The zero-order valence-corrected chi connectivity index (χ0v) is 12.3. The van der Waals surface area contributed by atoms with E-state index < -0.39 is 11.7 Å². The molecule has 0 atom stereocenters. The van der Waals surface area contributed by atoms with E-state index >= 15 is 0 Å². The van der Waals surface area contributed by atoms with Crippen molar-refractivity contribution in [1.29, 1.82) is 0 Å². The van der Waals surface area contributed by atoms with Crippen LogP contribution in [-0.2, 0) is 0 Å². The summed E-state index contributed by atoms with van der Waals surface area (Å²) in [6.45, 7) is 1.91. The highest BCUT2D eigenvalue weighted by Crippen LogP contribution is 2.26. The van der Waals surface area contributed by atoms with E-state index in [0.717, 1.165) is 16.1 Å². The maximum absolute atomic E-state index is 13.6. The van der Waals surface area contributed by atoms with Crippen molar-refractivity contribution in [3.8, 4) is 0 Å². The standard InChI is InChI=1S/C14H10BrClFNO/c1-8-3-2-4-12(13(8)15)18-14(19)10-6-5-9(16)7-11(10)17/h2-7H,1H3,(H,18,19). The number of carbonyl (C=O) groups excluding carboxylic acids is 1. The number of anilines is 1. The second kappa shape index (κ2) is 5.72. The summed E-state index contributed by atoms with van der Waals surface area (Å²) in [7, 11) is 0. The summed E-state index contributed by atoms with van der Waals surface area (Å²) in [5, 5.41) is 2.91. The van der Waals surface area contributed by atoms with Crippen molar-refractivity contribution in [2.75, 3.05) is 5.32 Å². The molecule has 1 N–H and O–H groups in total. The van der Waals surface area contributed by atoms with Crippen molar-refractivity contribution < 1.29 is 9.18 Å². The Hall–Kier alpha value is -1.39. The number of carbonyl (C=O) groups is 1. The molecule has 1 amide bonds. The summed E-state index contributed by atoms with van der Waals surface area (Å²) in [6.07, 6.45) is 0. The summed E-state index contributed by atoms with van der Waals surface area (Å²) in [4.78, 5) is 12.0. The second-order valence-electron chi connectivity index (χ2n) is 4.01. The molecule has 98 valence electrons. The largest absolute Gasteiger partial charge is 0.321 e. The molecule has 5 heteroatoms. The van der Waals surface area contributed by atoms with Crippen LogP contribution >= 0.6 is 27.5 Å². The van der Waals surface area contributed by atoms with Crippen LogP contribution in [0.3, 0.4) is 0 Å². The predicted octanol–water partition coefficient (Wildman–Crippen LogP) is 4.80. The van der Waals surface area contributed by atoms with Crippen LogP contribution in [0.1, 0.15) is 15.9 Å². The number of hydrogen-bond donors (Lipinski definition) is 1. The topological polar surface area (TPSA) is 29.1 Å². The van der Waals surface area contributed by atoms with Crippen LogP contribution < -0.4 is 5.32 Å². The average molecular weight is 343 g/mol. The number of benzene rings is 2. The van der Waals surface area contributed by atoms with Crippen molar-refractivity contribution in [3.05, 3.63) is 62.8 Å². The van der Waals surface area contributed by atoms with Gasteiger partial charge in [-0.1, -0.05) is 23.7 Å². The van der Waals surface area contributed by atoms with Crippen LogP contribution in [0.15, 0.2) is 40.9 Å². The first-order valence-corrected chi connectivity index (χ1v) is 6.67. The van der Waals surface area contributed by atoms with Gasteiger partial charge < -0.3 is 5.32 Å². The lowest BCUT2D eigenvalue weighted by Gasteiger charge is -2.09. The second-order valence-corrected chi connectivity index (χ2v) is 5.24. The predicted molar refractivity (Wildman–Crippen MR) is 78.2 cm³/mol. The molecule has 0 saturated carbocycles. The summed E-state index contributed by atoms with van der Waals surface area (Å²) in [5.74, 6) is -1.16. The van der Waals surface area contributed by atoms with Gasteiger partial charge in [0.2, 0.25) is 0 Å². The molecule has 0 aliphatic carbocycles. The highest BCUT2D eigenvalue weighted by molar-refractivity contribution is 9.10. The van der Waals surface area contributed by atoms with Crippen molar-refractivity contribution in [2.24, 2.45) is 0 Å². The maximum Gasteiger partial charge on any atom is 0.258 e. The molecule has 2 rings (SSSR count). The Balaban J connectivity index is 2.28. The lowest BCUT2D eigenvalue weighted by Crippen LogP contribution is -2.14. The number of rotatable bonds is 2. The first-order valence-electron chi connectivity index (χ1n) is 5.50. The van der Waals surface area contributed by atoms with Gasteiger partial charge in [0.1, 0.15) is 5.82 Å². The fourth-order valence-corrected chi connectivity index (χ4v) is 2.13. The average Bonchev–Trinajstić information content (AvgIpc) is 2.34. The van der Waals surface area contributed by atoms with E-state index in [1.165, 1.54) is 12.1 Å². The van der Waals surface area contributed by atoms with E-state index in [0.29, 0.717) is 5.69 Å². The highest BCUT2D eigenvalue weighted by Gasteiger charge is 2.13. The van der Waals surface area contributed by atoms with E-state index in [9.17, 15) is 9.18 Å². The molecule has 0 saturated heterocycles. The molecule has 0 unspecified atom stereocenters. The van der Waals surface area contributed by atoms with Crippen molar-refractivity contribution in [2.45, 2.75) is 6.92 Å². The third kappa shape index (κ3) is 3.14. The minimum atomic E-state index is -0.645. The smallest absolute Gasteiger partial charge is 0.258 e. The minimum Gasteiger partial charge on any atom is -0.321 e. The van der Waals surface area contributed by atoms with Gasteiger partial charge in [-0.25, -0.2) is 4.39 Å². The molecule has 19 heavy (non-hydrogen) atoms. The van der Waals surface area contributed by atoms with Gasteiger partial charge >= 0.3 is 0 Å². The van der Waals surface area contributed by atoms with E-state index in [2.05, 4.69) is 21.2 Å². The molecule has 0 heterocycles. The lowest BCUT2D eigenvalue weighted by molar-refractivity contribution is 0.102.